The maximum Gasteiger partial charge on any atom is 1.00 e. The topological polar surface area (TPSA) is 101 Å². The Hall–Kier alpha value is -0.133. The molecule has 2 unspecified atom stereocenters. The zero-order chi connectivity index (χ0) is 12.1. The summed E-state index contributed by atoms with van der Waals surface area (Å²) in [5, 5.41) is 18.6. The van der Waals surface area contributed by atoms with Crippen molar-refractivity contribution in [3.8, 4) is 0 Å². The molecule has 0 saturated heterocycles. The van der Waals surface area contributed by atoms with Crippen LogP contribution >= 0.6 is 0 Å². The fraction of sp³-hybridized carbons (Fsp3) is 0.500. The zero-order valence-corrected chi connectivity index (χ0v) is 9.93. The summed E-state index contributed by atoms with van der Waals surface area (Å²) in [7, 11) is -4.39. The third-order valence-electron chi connectivity index (χ3n) is 1.70. The second kappa shape index (κ2) is 8.03. The van der Waals surface area contributed by atoms with Crippen molar-refractivity contribution in [2.75, 3.05) is 12.3 Å². The molecule has 0 fully saturated rings. The molecule has 16 heavy (non-hydrogen) atoms. The Morgan fingerprint density at radius 3 is 1.88 bits per heavy atom. The normalized spacial score (nSPS) is 15.0. The van der Waals surface area contributed by atoms with Crippen molar-refractivity contribution in [1.82, 2.24) is 4.90 Å². The number of hydrogen-bond donors (Lipinski definition) is 2. The number of aliphatic hydroxyl groups excluding tert-OH is 2. The van der Waals surface area contributed by atoms with Gasteiger partial charge in [0.1, 0.15) is 12.5 Å². The van der Waals surface area contributed by atoms with E-state index in [-0.39, 0.29) is 25.4 Å². The Morgan fingerprint density at radius 1 is 1.25 bits per heavy atom. The van der Waals surface area contributed by atoms with Crippen LogP contribution in [0, 0.1) is 0 Å². The van der Waals surface area contributed by atoms with Gasteiger partial charge in [0.2, 0.25) is 0 Å². The van der Waals surface area contributed by atoms with E-state index in [4.69, 9.17) is 0 Å². The van der Waals surface area contributed by atoms with E-state index in [0.29, 0.717) is 0 Å². The van der Waals surface area contributed by atoms with Gasteiger partial charge < -0.3 is 14.8 Å². The van der Waals surface area contributed by atoms with E-state index in [1.165, 1.54) is 0 Å². The Kier molecular flexibility index (Phi) is 9.16. The molecule has 6 nitrogen and oxygen atoms in total. The summed E-state index contributed by atoms with van der Waals surface area (Å²) >= 11 is 0. The van der Waals surface area contributed by atoms with Gasteiger partial charge in [0.05, 0.1) is 15.9 Å². The molecule has 0 aliphatic heterocycles. The average molecular weight is 243 g/mol. The van der Waals surface area contributed by atoms with Gasteiger partial charge >= 0.3 is 18.9 Å². The molecule has 0 aliphatic carbocycles. The predicted octanol–water partition coefficient (Wildman–Crippen LogP) is -4.15. The van der Waals surface area contributed by atoms with Gasteiger partial charge in [-0.3, -0.25) is 0 Å². The second-order valence-electron chi connectivity index (χ2n) is 2.80. The van der Waals surface area contributed by atoms with Crippen LogP contribution in [-0.4, -0.2) is 52.8 Å². The number of hydrogen-bond acceptors (Lipinski definition) is 6. The Bertz CT molecular complexity index is 304. The SMILES string of the molecule is C=CC(O)N(CCS(=O)(=O)[O-])C(O)C=C.[Li+]. The Balaban J connectivity index is 0. The molecule has 0 bridgehead atoms. The largest absolute Gasteiger partial charge is 1.00 e. The smallest absolute Gasteiger partial charge is 0.748 e. The third kappa shape index (κ3) is 7.19. The maximum atomic E-state index is 10.4. The third-order valence-corrected chi connectivity index (χ3v) is 2.38. The molecule has 2 atom stereocenters. The van der Waals surface area contributed by atoms with Gasteiger partial charge in [-0.1, -0.05) is 13.2 Å². The molecule has 0 aromatic rings. The standard InChI is InChI=1S/C8H15NO5S.Li/c1-3-7(10)9(8(11)4-2)5-6-15(12,13)14;/h3-4,7-8,10-11H,1-2,5-6H2,(H,12,13,14);/q;+1/p-1. The van der Waals surface area contributed by atoms with Crippen LogP contribution in [0.4, 0.5) is 0 Å². The fourth-order valence-electron chi connectivity index (χ4n) is 0.909. The minimum Gasteiger partial charge on any atom is -0.748 e. The van der Waals surface area contributed by atoms with Crippen molar-refractivity contribution in [1.29, 1.82) is 0 Å². The van der Waals surface area contributed by atoms with Crippen molar-refractivity contribution < 1.29 is 42.0 Å². The minimum absolute atomic E-state index is 0. The summed E-state index contributed by atoms with van der Waals surface area (Å²) in [6.07, 6.45) is -0.270. The first kappa shape index (κ1) is 18.2. The molecular weight excluding hydrogens is 229 g/mol. The molecule has 0 rings (SSSR count). The summed E-state index contributed by atoms with van der Waals surface area (Å²) < 4.78 is 31.1. The predicted molar refractivity (Wildman–Crippen MR) is 53.7 cm³/mol. The Morgan fingerprint density at radius 2 is 1.62 bits per heavy atom. The molecule has 0 radical (unpaired) electrons. The van der Waals surface area contributed by atoms with E-state index in [0.717, 1.165) is 17.1 Å². The first-order valence-corrected chi connectivity index (χ1v) is 5.70. The van der Waals surface area contributed by atoms with Crippen LogP contribution in [0.25, 0.3) is 0 Å². The van der Waals surface area contributed by atoms with Crippen LogP contribution in [0.15, 0.2) is 25.3 Å². The van der Waals surface area contributed by atoms with Crippen molar-refractivity contribution in [3.05, 3.63) is 25.3 Å². The van der Waals surface area contributed by atoms with Crippen molar-refractivity contribution in [3.63, 3.8) is 0 Å². The van der Waals surface area contributed by atoms with E-state index >= 15 is 0 Å². The van der Waals surface area contributed by atoms with Gasteiger partial charge in [-0.05, 0) is 12.2 Å². The summed E-state index contributed by atoms with van der Waals surface area (Å²) in [5.74, 6) is -0.706. The number of nitrogens with zero attached hydrogens (tertiary/aromatic N) is 1. The van der Waals surface area contributed by atoms with Gasteiger partial charge in [0.25, 0.3) is 0 Å². The van der Waals surface area contributed by atoms with E-state index in [9.17, 15) is 23.2 Å². The van der Waals surface area contributed by atoms with Crippen molar-refractivity contribution >= 4 is 10.1 Å². The molecule has 0 aromatic carbocycles. The minimum atomic E-state index is -4.39. The van der Waals surface area contributed by atoms with Gasteiger partial charge in [-0.15, -0.1) is 0 Å². The molecule has 0 spiro atoms. The molecule has 0 aromatic heterocycles. The monoisotopic (exact) mass is 243 g/mol. The van der Waals surface area contributed by atoms with E-state index < -0.39 is 28.3 Å². The quantitative estimate of drug-likeness (QED) is 0.204. The van der Waals surface area contributed by atoms with E-state index in [1.54, 1.807) is 0 Å². The van der Waals surface area contributed by atoms with Crippen molar-refractivity contribution in [2.24, 2.45) is 0 Å². The maximum absolute atomic E-state index is 10.4. The molecule has 2 N–H and O–H groups in total. The first-order chi connectivity index (χ1) is 6.81. The Labute approximate surface area is 107 Å². The fourth-order valence-corrected chi connectivity index (χ4v) is 1.34. The number of aliphatic hydroxyl groups is 2. The molecule has 0 saturated carbocycles. The summed E-state index contributed by atoms with van der Waals surface area (Å²) in [5.41, 5.74) is 0. The van der Waals surface area contributed by atoms with Crippen LogP contribution in [0.5, 0.6) is 0 Å². The van der Waals surface area contributed by atoms with Crippen LogP contribution in [-0.2, 0) is 10.1 Å². The molecular formula is C8H14LiNO5S. The van der Waals surface area contributed by atoms with Crippen molar-refractivity contribution in [2.45, 2.75) is 12.5 Å². The van der Waals surface area contributed by atoms with Gasteiger partial charge in [0.15, 0.2) is 0 Å². The van der Waals surface area contributed by atoms with Gasteiger partial charge in [-0.25, -0.2) is 13.3 Å². The second-order valence-corrected chi connectivity index (χ2v) is 4.32. The zero-order valence-electron chi connectivity index (χ0n) is 9.11. The van der Waals surface area contributed by atoms with Gasteiger partial charge in [0, 0.05) is 6.54 Å². The molecule has 8 heteroatoms. The summed E-state index contributed by atoms with van der Waals surface area (Å²) in [6.45, 7) is 6.26. The number of rotatable bonds is 7. The van der Waals surface area contributed by atoms with E-state index in [1.807, 2.05) is 0 Å². The first-order valence-electron chi connectivity index (χ1n) is 4.12. The van der Waals surface area contributed by atoms with Crippen LogP contribution < -0.4 is 18.9 Å². The van der Waals surface area contributed by atoms with Gasteiger partial charge in [-0.2, -0.15) is 0 Å². The molecule has 0 amide bonds. The average Bonchev–Trinajstić information content (AvgIpc) is 2.15. The summed E-state index contributed by atoms with van der Waals surface area (Å²) in [4.78, 5) is 0.968. The van der Waals surface area contributed by atoms with E-state index in [2.05, 4.69) is 13.2 Å². The molecule has 0 heterocycles. The molecule has 0 aliphatic rings. The summed E-state index contributed by atoms with van der Waals surface area (Å²) in [6, 6.07) is 0. The van der Waals surface area contributed by atoms with Crippen LogP contribution in [0.2, 0.25) is 0 Å². The molecule has 88 valence electrons. The van der Waals surface area contributed by atoms with Crippen LogP contribution in [0.3, 0.4) is 0 Å². The van der Waals surface area contributed by atoms with Crippen LogP contribution in [0.1, 0.15) is 0 Å².